The molecule has 0 saturated heterocycles. The first-order valence-corrected chi connectivity index (χ1v) is 6.87. The van der Waals surface area contributed by atoms with Gasteiger partial charge < -0.3 is 9.30 Å². The van der Waals surface area contributed by atoms with Crippen molar-refractivity contribution in [3.63, 3.8) is 0 Å². The van der Waals surface area contributed by atoms with Gasteiger partial charge in [0.1, 0.15) is 5.69 Å². The Morgan fingerprint density at radius 1 is 1.40 bits per heavy atom. The van der Waals surface area contributed by atoms with Crippen molar-refractivity contribution in [2.45, 2.75) is 13.1 Å². The van der Waals surface area contributed by atoms with Crippen molar-refractivity contribution in [3.8, 4) is 0 Å². The highest BCUT2D eigenvalue weighted by molar-refractivity contribution is 14.1. The average molecular weight is 397 g/mol. The lowest BCUT2D eigenvalue weighted by Crippen LogP contribution is -2.11. The van der Waals surface area contributed by atoms with E-state index in [4.69, 9.17) is 4.74 Å². The van der Waals surface area contributed by atoms with Gasteiger partial charge >= 0.3 is 12.1 Å². The second-order valence-corrected chi connectivity index (χ2v) is 5.25. The maximum Gasteiger partial charge on any atom is 0.416 e. The van der Waals surface area contributed by atoms with Crippen LogP contribution in [0.15, 0.2) is 18.2 Å². The Labute approximate surface area is 126 Å². The van der Waals surface area contributed by atoms with E-state index in [2.05, 4.69) is 0 Å². The van der Waals surface area contributed by atoms with Crippen LogP contribution in [0.25, 0.3) is 10.9 Å². The lowest BCUT2D eigenvalue weighted by molar-refractivity contribution is -0.137. The largest absolute Gasteiger partial charge is 0.461 e. The molecule has 0 amide bonds. The summed E-state index contributed by atoms with van der Waals surface area (Å²) in [4.78, 5) is 11.9. The van der Waals surface area contributed by atoms with Crippen molar-refractivity contribution < 1.29 is 22.7 Å². The number of nitrogens with zero attached hydrogens (tertiary/aromatic N) is 1. The summed E-state index contributed by atoms with van der Waals surface area (Å²) in [5.41, 5.74) is 0.0937. The van der Waals surface area contributed by atoms with E-state index in [1.165, 1.54) is 6.07 Å². The lowest BCUT2D eigenvalue weighted by Gasteiger charge is -2.06. The van der Waals surface area contributed by atoms with Gasteiger partial charge in [0, 0.05) is 18.0 Å². The first-order valence-electron chi connectivity index (χ1n) is 5.79. The van der Waals surface area contributed by atoms with E-state index in [9.17, 15) is 18.0 Å². The van der Waals surface area contributed by atoms with E-state index in [0.717, 1.165) is 12.1 Å². The molecule has 1 aromatic heterocycles. The van der Waals surface area contributed by atoms with Crippen molar-refractivity contribution in [2.24, 2.45) is 7.05 Å². The highest BCUT2D eigenvalue weighted by atomic mass is 127. The zero-order chi connectivity index (χ0) is 15.1. The third-order valence-electron chi connectivity index (χ3n) is 2.93. The van der Waals surface area contributed by atoms with Crippen LogP contribution in [-0.2, 0) is 18.0 Å². The molecule has 2 rings (SSSR count). The number of fused-ring (bicyclic) bond motifs is 1. The number of carbonyl (C=O) groups is 1. The molecule has 0 aliphatic heterocycles. The molecule has 20 heavy (non-hydrogen) atoms. The highest BCUT2D eigenvalue weighted by Gasteiger charge is 2.31. The summed E-state index contributed by atoms with van der Waals surface area (Å²) in [6, 6.07) is 3.43. The number of aryl methyl sites for hydroxylation is 1. The van der Waals surface area contributed by atoms with E-state index in [1.54, 1.807) is 18.5 Å². The Morgan fingerprint density at radius 2 is 2.05 bits per heavy atom. The Balaban J connectivity index is 2.67. The number of carbonyl (C=O) groups excluding carboxylic acids is 1. The molecule has 0 radical (unpaired) electrons. The van der Waals surface area contributed by atoms with Crippen LogP contribution in [0.5, 0.6) is 0 Å². The number of hydrogen-bond donors (Lipinski definition) is 0. The van der Waals surface area contributed by atoms with E-state index >= 15 is 0 Å². The molecule has 1 aromatic carbocycles. The molecule has 0 unspecified atom stereocenters. The highest BCUT2D eigenvalue weighted by Crippen LogP contribution is 2.34. The molecule has 7 heteroatoms. The van der Waals surface area contributed by atoms with Crippen molar-refractivity contribution in [1.82, 2.24) is 4.57 Å². The van der Waals surface area contributed by atoms with Crippen molar-refractivity contribution in [1.29, 1.82) is 0 Å². The molecule has 0 bridgehead atoms. The molecule has 0 fully saturated rings. The molecule has 0 aliphatic rings. The summed E-state index contributed by atoms with van der Waals surface area (Å²) in [7, 11) is 1.63. The van der Waals surface area contributed by atoms with Crippen molar-refractivity contribution in [3.05, 3.63) is 33.0 Å². The third kappa shape index (κ3) is 2.50. The van der Waals surface area contributed by atoms with Crippen LogP contribution >= 0.6 is 22.6 Å². The molecule has 108 valence electrons. The number of rotatable bonds is 2. The summed E-state index contributed by atoms with van der Waals surface area (Å²) < 4.78 is 45.1. The van der Waals surface area contributed by atoms with Gasteiger partial charge in [-0.2, -0.15) is 13.2 Å². The van der Waals surface area contributed by atoms with Crippen LogP contribution < -0.4 is 0 Å². The van der Waals surface area contributed by atoms with E-state index in [1.807, 2.05) is 22.6 Å². The molecule has 0 aliphatic carbocycles. The number of hydrogen-bond acceptors (Lipinski definition) is 2. The van der Waals surface area contributed by atoms with Gasteiger partial charge in [-0.1, -0.05) is 0 Å². The summed E-state index contributed by atoms with van der Waals surface area (Å²) in [6.07, 6.45) is -4.41. The standard InChI is InChI=1S/C13H11F3INO2/c1-3-20-12(19)11-10(17)8-6-7(13(14,15)16)4-5-9(8)18(11)2/h4-6H,3H2,1-2H3. The average Bonchev–Trinajstić information content (AvgIpc) is 2.61. The fourth-order valence-electron chi connectivity index (χ4n) is 2.00. The Hall–Kier alpha value is -1.25. The number of ether oxygens (including phenoxy) is 1. The topological polar surface area (TPSA) is 31.2 Å². The van der Waals surface area contributed by atoms with Crippen LogP contribution in [0.4, 0.5) is 13.2 Å². The molecular weight excluding hydrogens is 386 g/mol. The van der Waals surface area contributed by atoms with Crippen LogP contribution in [0.2, 0.25) is 0 Å². The van der Waals surface area contributed by atoms with Gasteiger partial charge in [0.25, 0.3) is 0 Å². The molecule has 1 heterocycles. The Bertz CT molecular complexity index is 676. The minimum absolute atomic E-state index is 0.213. The fraction of sp³-hybridized carbons (Fsp3) is 0.308. The van der Waals surface area contributed by atoms with E-state index in [0.29, 0.717) is 14.5 Å². The zero-order valence-electron chi connectivity index (χ0n) is 10.7. The number of aromatic nitrogens is 1. The Kier molecular flexibility index (Phi) is 3.99. The monoisotopic (exact) mass is 397 g/mol. The predicted octanol–water partition coefficient (Wildman–Crippen LogP) is 3.98. The molecule has 0 saturated carbocycles. The zero-order valence-corrected chi connectivity index (χ0v) is 12.9. The van der Waals surface area contributed by atoms with Gasteiger partial charge in [-0.05, 0) is 47.7 Å². The number of benzene rings is 1. The molecule has 2 aromatic rings. The van der Waals surface area contributed by atoms with Crippen molar-refractivity contribution >= 4 is 39.5 Å². The van der Waals surface area contributed by atoms with E-state index in [-0.39, 0.29) is 12.3 Å². The van der Waals surface area contributed by atoms with Gasteiger partial charge in [-0.3, -0.25) is 0 Å². The molecular formula is C13H11F3INO2. The number of esters is 1. The SMILES string of the molecule is CCOC(=O)c1c(I)c2cc(C(F)(F)F)ccc2n1C. The minimum atomic E-state index is -4.41. The lowest BCUT2D eigenvalue weighted by atomic mass is 10.1. The molecule has 0 N–H and O–H groups in total. The molecule has 0 spiro atoms. The van der Waals surface area contributed by atoms with Crippen LogP contribution in [0.1, 0.15) is 23.0 Å². The first-order chi connectivity index (χ1) is 9.27. The quantitative estimate of drug-likeness (QED) is 0.567. The van der Waals surface area contributed by atoms with Crippen LogP contribution in [0, 0.1) is 3.57 Å². The molecule has 0 atom stereocenters. The van der Waals surface area contributed by atoms with Gasteiger partial charge in [0.15, 0.2) is 0 Å². The maximum absolute atomic E-state index is 12.7. The van der Waals surface area contributed by atoms with Crippen LogP contribution in [0.3, 0.4) is 0 Å². The van der Waals surface area contributed by atoms with Crippen LogP contribution in [-0.4, -0.2) is 17.1 Å². The summed E-state index contributed by atoms with van der Waals surface area (Å²) >= 11 is 1.87. The summed E-state index contributed by atoms with van der Waals surface area (Å²) in [5, 5.41) is 0.394. The normalized spacial score (nSPS) is 11.9. The first kappa shape index (κ1) is 15.1. The van der Waals surface area contributed by atoms with Gasteiger partial charge in [-0.25, -0.2) is 4.79 Å². The number of halogens is 4. The summed E-state index contributed by atoms with van der Waals surface area (Å²) in [5.74, 6) is -0.538. The Morgan fingerprint density at radius 3 is 2.60 bits per heavy atom. The van der Waals surface area contributed by atoms with Gasteiger partial charge in [0.05, 0.1) is 15.7 Å². The molecule has 3 nitrogen and oxygen atoms in total. The maximum atomic E-state index is 12.7. The van der Waals surface area contributed by atoms with Gasteiger partial charge in [0.2, 0.25) is 0 Å². The van der Waals surface area contributed by atoms with Gasteiger partial charge in [-0.15, -0.1) is 0 Å². The van der Waals surface area contributed by atoms with E-state index < -0.39 is 17.7 Å². The second kappa shape index (κ2) is 5.27. The summed E-state index contributed by atoms with van der Waals surface area (Å²) in [6.45, 7) is 1.89. The number of alkyl halides is 3. The smallest absolute Gasteiger partial charge is 0.416 e. The fourth-order valence-corrected chi connectivity index (χ4v) is 3.02. The third-order valence-corrected chi connectivity index (χ3v) is 4.03. The van der Waals surface area contributed by atoms with Crippen molar-refractivity contribution in [2.75, 3.05) is 6.61 Å². The minimum Gasteiger partial charge on any atom is -0.461 e. The predicted molar refractivity (Wildman–Crippen MR) is 76.6 cm³/mol. The second-order valence-electron chi connectivity index (χ2n) is 4.17.